The summed E-state index contributed by atoms with van der Waals surface area (Å²) >= 11 is 0. The number of halogens is 1. The molecule has 1 aromatic rings. The first kappa shape index (κ1) is 19.5. The number of piperidine rings is 1. The van der Waals surface area contributed by atoms with Gasteiger partial charge in [-0.3, -0.25) is 4.99 Å². The highest BCUT2D eigenvalue weighted by Crippen LogP contribution is 2.16. The fraction of sp³-hybridized carbons (Fsp3) is 0.778. The molecule has 3 rings (SSSR count). The predicted molar refractivity (Wildman–Crippen MR) is 110 cm³/mol. The van der Waals surface area contributed by atoms with Crippen LogP contribution in [0.15, 0.2) is 11.2 Å². The summed E-state index contributed by atoms with van der Waals surface area (Å²) in [7, 11) is 0. The van der Waals surface area contributed by atoms with E-state index < -0.39 is 0 Å². The Kier molecular flexibility index (Phi) is 7.84. The first-order valence-electron chi connectivity index (χ1n) is 9.34. The van der Waals surface area contributed by atoms with E-state index in [1.165, 1.54) is 37.2 Å². The number of nitrogens with one attached hydrogen (secondary N) is 1. The molecule has 1 unspecified atom stereocenters. The molecule has 1 aromatic heterocycles. The van der Waals surface area contributed by atoms with Gasteiger partial charge in [-0.15, -0.1) is 24.0 Å². The van der Waals surface area contributed by atoms with Crippen molar-refractivity contribution in [3.63, 3.8) is 0 Å². The number of aromatic nitrogens is 2. The summed E-state index contributed by atoms with van der Waals surface area (Å²) in [5.74, 6) is 3.13. The number of fused-ring (bicyclic) bond motifs is 1. The highest BCUT2D eigenvalue weighted by atomic mass is 127. The largest absolute Gasteiger partial charge is 0.357 e. The Morgan fingerprint density at radius 1 is 1.33 bits per heavy atom. The molecule has 3 heterocycles. The summed E-state index contributed by atoms with van der Waals surface area (Å²) < 4.78 is 2.33. The van der Waals surface area contributed by atoms with Gasteiger partial charge in [-0.2, -0.15) is 0 Å². The van der Waals surface area contributed by atoms with Crippen molar-refractivity contribution in [2.45, 2.75) is 58.9 Å². The van der Waals surface area contributed by atoms with Crippen molar-refractivity contribution in [3.8, 4) is 0 Å². The standard InChI is InChI=1S/C18H31N5.HI/c1-3-19-18(23-12-6-7-15(2)13-23)20-10-9-16-14-22-11-5-4-8-17(22)21-16;/h14-15H,3-13H2,1-2H3,(H,19,20);1H. The lowest BCUT2D eigenvalue weighted by Crippen LogP contribution is -2.46. The second-order valence-corrected chi connectivity index (χ2v) is 6.98. The van der Waals surface area contributed by atoms with Gasteiger partial charge >= 0.3 is 0 Å². The van der Waals surface area contributed by atoms with E-state index in [0.29, 0.717) is 0 Å². The van der Waals surface area contributed by atoms with Crippen LogP contribution in [0.4, 0.5) is 0 Å². The summed E-state index contributed by atoms with van der Waals surface area (Å²) in [5.41, 5.74) is 1.20. The highest BCUT2D eigenvalue weighted by Gasteiger charge is 2.19. The molecule has 0 spiro atoms. The van der Waals surface area contributed by atoms with Crippen LogP contribution in [0.2, 0.25) is 0 Å². The number of aryl methyl sites for hydroxylation is 2. The molecule has 136 valence electrons. The van der Waals surface area contributed by atoms with Gasteiger partial charge in [0, 0.05) is 51.8 Å². The Morgan fingerprint density at radius 2 is 2.21 bits per heavy atom. The van der Waals surface area contributed by atoms with Crippen LogP contribution in [-0.4, -0.2) is 46.6 Å². The van der Waals surface area contributed by atoms with Crippen molar-refractivity contribution in [1.29, 1.82) is 0 Å². The minimum absolute atomic E-state index is 0. The van der Waals surface area contributed by atoms with E-state index >= 15 is 0 Å². The van der Waals surface area contributed by atoms with Crippen LogP contribution in [0, 0.1) is 5.92 Å². The summed E-state index contributed by atoms with van der Waals surface area (Å²) in [6, 6.07) is 0. The van der Waals surface area contributed by atoms with Crippen molar-refractivity contribution in [2.75, 3.05) is 26.2 Å². The molecular weight excluding hydrogens is 413 g/mol. The zero-order chi connectivity index (χ0) is 16.1. The first-order chi connectivity index (χ1) is 11.3. The second-order valence-electron chi connectivity index (χ2n) is 6.98. The molecule has 5 nitrogen and oxygen atoms in total. The number of rotatable bonds is 4. The Hall–Kier alpha value is -0.790. The molecule has 0 aromatic carbocycles. The van der Waals surface area contributed by atoms with Gasteiger partial charge in [0.1, 0.15) is 5.82 Å². The van der Waals surface area contributed by atoms with Crippen LogP contribution >= 0.6 is 24.0 Å². The van der Waals surface area contributed by atoms with Crippen LogP contribution < -0.4 is 5.32 Å². The molecule has 2 aliphatic heterocycles. The summed E-state index contributed by atoms with van der Waals surface area (Å²) in [6.07, 6.45) is 9.51. The third kappa shape index (κ3) is 5.10. The van der Waals surface area contributed by atoms with E-state index in [1.807, 2.05) is 0 Å². The molecule has 1 saturated heterocycles. The zero-order valence-electron chi connectivity index (χ0n) is 15.1. The smallest absolute Gasteiger partial charge is 0.193 e. The molecule has 0 bridgehead atoms. The van der Waals surface area contributed by atoms with Crippen LogP contribution in [0.3, 0.4) is 0 Å². The van der Waals surface area contributed by atoms with Gasteiger partial charge in [0.05, 0.1) is 5.69 Å². The molecular formula is C18H32IN5. The lowest BCUT2D eigenvalue weighted by atomic mass is 10.0. The monoisotopic (exact) mass is 445 g/mol. The maximum atomic E-state index is 4.86. The van der Waals surface area contributed by atoms with Crippen LogP contribution in [0.5, 0.6) is 0 Å². The molecule has 1 N–H and O–H groups in total. The number of hydrogen-bond acceptors (Lipinski definition) is 2. The normalized spacial score (nSPS) is 21.2. The molecule has 1 fully saturated rings. The average molecular weight is 445 g/mol. The lowest BCUT2D eigenvalue weighted by molar-refractivity contribution is 0.266. The number of likely N-dealkylation sites (tertiary alicyclic amines) is 1. The van der Waals surface area contributed by atoms with Gasteiger partial charge in [0.2, 0.25) is 0 Å². The third-order valence-corrected chi connectivity index (χ3v) is 4.88. The summed E-state index contributed by atoms with van der Waals surface area (Å²) in [6.45, 7) is 9.64. The van der Waals surface area contributed by atoms with Crippen molar-refractivity contribution in [1.82, 2.24) is 19.8 Å². The molecule has 0 saturated carbocycles. The van der Waals surface area contributed by atoms with Gasteiger partial charge in [0.25, 0.3) is 0 Å². The molecule has 0 amide bonds. The Balaban J connectivity index is 0.00000208. The molecule has 2 aliphatic rings. The summed E-state index contributed by atoms with van der Waals surface area (Å²) in [4.78, 5) is 12.1. The predicted octanol–water partition coefficient (Wildman–Crippen LogP) is 3.08. The number of hydrogen-bond donors (Lipinski definition) is 1. The summed E-state index contributed by atoms with van der Waals surface area (Å²) in [5, 5.41) is 3.46. The van der Waals surface area contributed by atoms with E-state index in [4.69, 9.17) is 9.98 Å². The average Bonchev–Trinajstić information content (AvgIpc) is 2.97. The van der Waals surface area contributed by atoms with Crippen LogP contribution in [-0.2, 0) is 19.4 Å². The van der Waals surface area contributed by atoms with Gasteiger partial charge < -0.3 is 14.8 Å². The van der Waals surface area contributed by atoms with E-state index in [1.54, 1.807) is 0 Å². The molecule has 6 heteroatoms. The second kappa shape index (κ2) is 9.63. The highest BCUT2D eigenvalue weighted by molar-refractivity contribution is 14.0. The van der Waals surface area contributed by atoms with Crippen molar-refractivity contribution < 1.29 is 0 Å². The van der Waals surface area contributed by atoms with Crippen LogP contribution in [0.1, 0.15) is 51.0 Å². The van der Waals surface area contributed by atoms with Gasteiger partial charge in [0.15, 0.2) is 5.96 Å². The quantitative estimate of drug-likeness (QED) is 0.440. The van der Waals surface area contributed by atoms with Crippen LogP contribution in [0.25, 0.3) is 0 Å². The van der Waals surface area contributed by atoms with E-state index in [0.717, 1.165) is 57.4 Å². The zero-order valence-corrected chi connectivity index (χ0v) is 17.5. The fourth-order valence-corrected chi connectivity index (χ4v) is 3.68. The fourth-order valence-electron chi connectivity index (χ4n) is 3.68. The third-order valence-electron chi connectivity index (χ3n) is 4.88. The maximum absolute atomic E-state index is 4.86. The minimum atomic E-state index is 0. The first-order valence-corrected chi connectivity index (χ1v) is 9.34. The number of aliphatic imine (C=N–C) groups is 1. The van der Waals surface area contributed by atoms with Crippen molar-refractivity contribution in [3.05, 3.63) is 17.7 Å². The van der Waals surface area contributed by atoms with E-state index in [-0.39, 0.29) is 24.0 Å². The van der Waals surface area contributed by atoms with Gasteiger partial charge in [-0.1, -0.05) is 6.92 Å². The SMILES string of the molecule is CCNC(=NCCc1cn2c(n1)CCCC2)N1CCCC(C)C1.I. The molecule has 1 atom stereocenters. The number of imidazole rings is 1. The number of nitrogens with zero attached hydrogens (tertiary/aromatic N) is 4. The van der Waals surface area contributed by atoms with Gasteiger partial charge in [-0.25, -0.2) is 4.98 Å². The maximum Gasteiger partial charge on any atom is 0.193 e. The van der Waals surface area contributed by atoms with Crippen molar-refractivity contribution in [2.24, 2.45) is 10.9 Å². The Labute approximate surface area is 163 Å². The topological polar surface area (TPSA) is 45.5 Å². The number of guanidine groups is 1. The molecule has 0 radical (unpaired) electrons. The minimum Gasteiger partial charge on any atom is -0.357 e. The lowest BCUT2D eigenvalue weighted by Gasteiger charge is -2.33. The Bertz CT molecular complexity index is 516. The van der Waals surface area contributed by atoms with E-state index in [9.17, 15) is 0 Å². The Morgan fingerprint density at radius 3 is 2.96 bits per heavy atom. The van der Waals surface area contributed by atoms with E-state index in [2.05, 4.69) is 34.8 Å². The van der Waals surface area contributed by atoms with Gasteiger partial charge in [-0.05, 0) is 38.5 Å². The van der Waals surface area contributed by atoms with Crippen molar-refractivity contribution >= 4 is 29.9 Å². The molecule has 0 aliphatic carbocycles. The molecule has 24 heavy (non-hydrogen) atoms.